The minimum atomic E-state index is -4.75. The molecule has 0 fully saturated rings. The molecule has 0 unspecified atom stereocenters. The lowest BCUT2D eigenvalue weighted by molar-refractivity contribution is -0.274. The third-order valence-electron chi connectivity index (χ3n) is 4.20. The number of carbonyl (C=O) groups excluding carboxylic acids is 2. The second kappa shape index (κ2) is 10.5. The topological polar surface area (TPSA) is 81.4 Å². The molecule has 0 saturated carbocycles. The molecule has 3 N–H and O–H groups in total. The smallest absolute Gasteiger partial charge is 0.406 e. The number of alkyl halides is 3. The molecule has 0 heterocycles. The summed E-state index contributed by atoms with van der Waals surface area (Å²) in [6.07, 6.45) is -1.18. The molecular weight excluding hydrogens is 385 g/mol. The molecule has 29 heavy (non-hydrogen) atoms. The van der Waals surface area contributed by atoms with Gasteiger partial charge in [0.05, 0.1) is 11.4 Å². The fraction of sp³-hybridized carbons (Fsp3) is 0.333. The van der Waals surface area contributed by atoms with Crippen LogP contribution in [0.15, 0.2) is 48.5 Å². The molecule has 0 aliphatic carbocycles. The Morgan fingerprint density at radius 1 is 0.897 bits per heavy atom. The van der Waals surface area contributed by atoms with Crippen molar-refractivity contribution >= 4 is 23.1 Å². The van der Waals surface area contributed by atoms with Gasteiger partial charge in [-0.3, -0.25) is 9.59 Å². The Balaban J connectivity index is 1.62. The number of ketones is 1. The molecule has 0 aliphatic heterocycles. The highest BCUT2D eigenvalue weighted by Crippen LogP contribution is 2.23. The maximum Gasteiger partial charge on any atom is 0.573 e. The Kier molecular flexibility index (Phi) is 8.06. The fourth-order valence-corrected chi connectivity index (χ4v) is 2.74. The number of amides is 1. The predicted octanol–water partition coefficient (Wildman–Crippen LogP) is 5.33. The largest absolute Gasteiger partial charge is 0.573 e. The van der Waals surface area contributed by atoms with Crippen LogP contribution in [0.25, 0.3) is 0 Å². The van der Waals surface area contributed by atoms with E-state index in [1.54, 1.807) is 24.3 Å². The van der Waals surface area contributed by atoms with E-state index in [1.807, 2.05) is 0 Å². The van der Waals surface area contributed by atoms with E-state index in [0.717, 1.165) is 25.0 Å². The normalized spacial score (nSPS) is 11.1. The number of nitrogens with one attached hydrogen (secondary N) is 1. The summed E-state index contributed by atoms with van der Waals surface area (Å²) >= 11 is 0. The van der Waals surface area contributed by atoms with Crippen LogP contribution in [0.2, 0.25) is 0 Å². The molecule has 0 bridgehead atoms. The Morgan fingerprint density at radius 3 is 2.14 bits per heavy atom. The van der Waals surface area contributed by atoms with Gasteiger partial charge in [-0.2, -0.15) is 0 Å². The highest BCUT2D eigenvalue weighted by molar-refractivity contribution is 5.96. The Hall–Kier alpha value is -3.03. The lowest BCUT2D eigenvalue weighted by atomic mass is 10.0. The van der Waals surface area contributed by atoms with Gasteiger partial charge >= 0.3 is 6.36 Å². The molecule has 2 aromatic rings. The number of para-hydroxylation sites is 2. The molecule has 0 aromatic heterocycles. The first-order valence-electron chi connectivity index (χ1n) is 9.28. The number of ether oxygens (including phenoxy) is 1. The van der Waals surface area contributed by atoms with E-state index < -0.39 is 6.36 Å². The molecule has 0 atom stereocenters. The van der Waals surface area contributed by atoms with Crippen molar-refractivity contribution in [3.8, 4) is 5.75 Å². The highest BCUT2D eigenvalue weighted by Gasteiger charge is 2.31. The molecule has 0 spiro atoms. The van der Waals surface area contributed by atoms with Gasteiger partial charge in [0.25, 0.3) is 0 Å². The Morgan fingerprint density at radius 2 is 1.52 bits per heavy atom. The van der Waals surface area contributed by atoms with Crippen LogP contribution in [0.5, 0.6) is 5.75 Å². The number of anilines is 2. The van der Waals surface area contributed by atoms with E-state index >= 15 is 0 Å². The molecule has 0 radical (unpaired) electrons. The van der Waals surface area contributed by atoms with Crippen molar-refractivity contribution < 1.29 is 27.5 Å². The number of halogens is 3. The van der Waals surface area contributed by atoms with Gasteiger partial charge in [-0.05, 0) is 49.2 Å². The van der Waals surface area contributed by atoms with Gasteiger partial charge in [0, 0.05) is 18.4 Å². The summed E-state index contributed by atoms with van der Waals surface area (Å²) in [6, 6.07) is 11.9. The van der Waals surface area contributed by atoms with E-state index in [9.17, 15) is 22.8 Å². The third-order valence-corrected chi connectivity index (χ3v) is 4.20. The molecule has 0 aliphatic rings. The SMILES string of the molecule is Nc1ccccc1NC(=O)CCCCCCC(=O)c1ccc(OC(F)(F)F)cc1. The maximum absolute atomic E-state index is 12.1. The van der Waals surface area contributed by atoms with Gasteiger partial charge in [-0.15, -0.1) is 13.2 Å². The average Bonchev–Trinajstić information content (AvgIpc) is 2.65. The minimum Gasteiger partial charge on any atom is -0.406 e. The summed E-state index contributed by atoms with van der Waals surface area (Å²) in [5, 5.41) is 2.76. The maximum atomic E-state index is 12.1. The van der Waals surface area contributed by atoms with E-state index in [0.29, 0.717) is 42.6 Å². The first-order valence-corrected chi connectivity index (χ1v) is 9.28. The number of nitrogen functional groups attached to an aromatic ring is 1. The van der Waals surface area contributed by atoms with E-state index in [1.165, 1.54) is 12.1 Å². The second-order valence-corrected chi connectivity index (χ2v) is 6.54. The van der Waals surface area contributed by atoms with Crippen molar-refractivity contribution in [2.75, 3.05) is 11.1 Å². The van der Waals surface area contributed by atoms with Crippen molar-refractivity contribution in [2.24, 2.45) is 0 Å². The third kappa shape index (κ3) is 8.25. The predicted molar refractivity (Wildman–Crippen MR) is 105 cm³/mol. The number of hydrogen-bond donors (Lipinski definition) is 2. The summed E-state index contributed by atoms with van der Waals surface area (Å²) in [5.41, 5.74) is 7.22. The zero-order chi connectivity index (χ0) is 21.3. The van der Waals surface area contributed by atoms with Crippen LogP contribution in [0.1, 0.15) is 48.9 Å². The zero-order valence-corrected chi connectivity index (χ0v) is 15.8. The van der Waals surface area contributed by atoms with Gasteiger partial charge in [0.15, 0.2) is 5.78 Å². The average molecular weight is 408 g/mol. The van der Waals surface area contributed by atoms with Crippen LogP contribution in [-0.4, -0.2) is 18.1 Å². The van der Waals surface area contributed by atoms with E-state index in [2.05, 4.69) is 10.1 Å². The Bertz CT molecular complexity index is 821. The van der Waals surface area contributed by atoms with E-state index in [4.69, 9.17) is 5.73 Å². The lowest BCUT2D eigenvalue weighted by Crippen LogP contribution is -2.17. The quantitative estimate of drug-likeness (QED) is 0.316. The molecule has 8 heteroatoms. The molecule has 1 amide bonds. The van der Waals surface area contributed by atoms with Crippen molar-refractivity contribution in [3.63, 3.8) is 0 Å². The number of carbonyl (C=O) groups is 2. The molecule has 156 valence electrons. The number of rotatable bonds is 10. The van der Waals surface area contributed by atoms with Crippen LogP contribution in [-0.2, 0) is 4.79 Å². The van der Waals surface area contributed by atoms with Crippen LogP contribution in [0, 0.1) is 0 Å². The first kappa shape index (κ1) is 22.3. The van der Waals surface area contributed by atoms with Crippen LogP contribution in [0.4, 0.5) is 24.5 Å². The number of benzene rings is 2. The lowest BCUT2D eigenvalue weighted by Gasteiger charge is -2.09. The van der Waals surface area contributed by atoms with Crippen LogP contribution >= 0.6 is 0 Å². The van der Waals surface area contributed by atoms with Gasteiger partial charge < -0.3 is 15.8 Å². The first-order chi connectivity index (χ1) is 13.7. The van der Waals surface area contributed by atoms with Crippen LogP contribution in [0.3, 0.4) is 0 Å². The molecule has 0 saturated heterocycles. The summed E-state index contributed by atoms with van der Waals surface area (Å²) in [5.74, 6) is -0.606. The van der Waals surface area contributed by atoms with Crippen LogP contribution < -0.4 is 15.8 Å². The Labute approximate surface area is 167 Å². The molecule has 2 rings (SSSR count). The summed E-state index contributed by atoms with van der Waals surface area (Å²) in [4.78, 5) is 24.0. The number of hydrogen-bond acceptors (Lipinski definition) is 4. The number of Topliss-reactive ketones (excluding diaryl/α,β-unsaturated/α-hetero) is 1. The van der Waals surface area contributed by atoms with Gasteiger partial charge in [-0.25, -0.2) is 0 Å². The van der Waals surface area contributed by atoms with Gasteiger partial charge in [0.2, 0.25) is 5.91 Å². The monoisotopic (exact) mass is 408 g/mol. The summed E-state index contributed by atoms with van der Waals surface area (Å²) in [6.45, 7) is 0. The van der Waals surface area contributed by atoms with E-state index in [-0.39, 0.29) is 17.4 Å². The zero-order valence-electron chi connectivity index (χ0n) is 15.8. The highest BCUT2D eigenvalue weighted by atomic mass is 19.4. The minimum absolute atomic E-state index is 0.111. The fourth-order valence-electron chi connectivity index (χ4n) is 2.74. The van der Waals surface area contributed by atoms with Gasteiger partial charge in [-0.1, -0.05) is 25.0 Å². The number of nitrogens with two attached hydrogens (primary N) is 1. The van der Waals surface area contributed by atoms with Crippen molar-refractivity contribution in [2.45, 2.75) is 44.9 Å². The summed E-state index contributed by atoms with van der Waals surface area (Å²) < 4.78 is 40.2. The molecular formula is C21H23F3N2O3. The van der Waals surface area contributed by atoms with Crippen molar-refractivity contribution in [1.82, 2.24) is 0 Å². The van der Waals surface area contributed by atoms with Gasteiger partial charge in [0.1, 0.15) is 5.75 Å². The molecule has 5 nitrogen and oxygen atoms in total. The molecule has 2 aromatic carbocycles. The number of unbranched alkanes of at least 4 members (excludes halogenated alkanes) is 3. The second-order valence-electron chi connectivity index (χ2n) is 6.54. The van der Waals surface area contributed by atoms with Crippen molar-refractivity contribution in [1.29, 1.82) is 0 Å². The summed E-state index contributed by atoms with van der Waals surface area (Å²) in [7, 11) is 0. The van der Waals surface area contributed by atoms with Crippen molar-refractivity contribution in [3.05, 3.63) is 54.1 Å². The standard InChI is InChI=1S/C21H23F3N2O3/c22-21(23,24)29-16-13-11-15(12-14-16)19(27)9-3-1-2-4-10-20(28)26-18-8-6-5-7-17(18)25/h5-8,11-14H,1-4,9-10,25H2,(H,26,28).